The van der Waals surface area contributed by atoms with E-state index in [1.165, 1.54) is 6.07 Å². The fourth-order valence-corrected chi connectivity index (χ4v) is 2.84. The van der Waals surface area contributed by atoms with E-state index in [4.69, 9.17) is 11.6 Å². The van der Waals surface area contributed by atoms with Gasteiger partial charge in [0.05, 0.1) is 5.56 Å². The van der Waals surface area contributed by atoms with Gasteiger partial charge in [-0.3, -0.25) is 0 Å². The van der Waals surface area contributed by atoms with Crippen molar-refractivity contribution in [2.75, 3.05) is 18.0 Å². The Labute approximate surface area is 122 Å². The number of hydrogen-bond acceptors (Lipinski definition) is 1. The molecule has 0 radical (unpaired) electrons. The van der Waals surface area contributed by atoms with Crippen LogP contribution in [-0.4, -0.2) is 13.1 Å². The third kappa shape index (κ3) is 3.60. The zero-order valence-corrected chi connectivity index (χ0v) is 12.3. The molecule has 1 fully saturated rings. The van der Waals surface area contributed by atoms with Crippen LogP contribution in [0.3, 0.4) is 0 Å². The summed E-state index contributed by atoms with van der Waals surface area (Å²) in [6, 6.07) is 4.43. The van der Waals surface area contributed by atoms with E-state index in [9.17, 15) is 13.2 Å². The first-order chi connectivity index (χ1) is 9.41. The molecule has 0 saturated carbocycles. The van der Waals surface area contributed by atoms with Gasteiger partial charge < -0.3 is 4.90 Å². The molecule has 1 saturated heterocycles. The highest BCUT2D eigenvalue weighted by Crippen LogP contribution is 2.38. The lowest BCUT2D eigenvalue weighted by atomic mass is 10.0. The quantitative estimate of drug-likeness (QED) is 0.689. The second-order valence-electron chi connectivity index (χ2n) is 5.51. The topological polar surface area (TPSA) is 3.24 Å². The van der Waals surface area contributed by atoms with Gasteiger partial charge in [0.1, 0.15) is 0 Å². The van der Waals surface area contributed by atoms with Crippen molar-refractivity contribution in [1.29, 1.82) is 0 Å². The molecule has 1 unspecified atom stereocenters. The Balaban J connectivity index is 2.34. The Hall–Kier alpha value is -0.900. The van der Waals surface area contributed by atoms with E-state index in [-0.39, 0.29) is 5.88 Å². The predicted octanol–water partition coefficient (Wildman–Crippen LogP) is 5.07. The highest BCUT2D eigenvalue weighted by Gasteiger charge is 2.35. The normalized spacial score (nSPS) is 20.9. The first-order valence-corrected chi connectivity index (χ1v) is 7.46. The van der Waals surface area contributed by atoms with E-state index in [1.54, 1.807) is 12.1 Å². The van der Waals surface area contributed by atoms with Crippen LogP contribution in [0.2, 0.25) is 0 Å². The lowest BCUT2D eigenvalue weighted by molar-refractivity contribution is -0.137. The maximum atomic E-state index is 13.2. The SMILES string of the molecule is CC1CCCN(c2ccc(CCl)cc2C(F)(F)F)CC1. The highest BCUT2D eigenvalue weighted by molar-refractivity contribution is 6.17. The van der Waals surface area contributed by atoms with Crippen LogP contribution in [0.1, 0.15) is 37.3 Å². The van der Waals surface area contributed by atoms with E-state index in [1.807, 2.05) is 4.90 Å². The highest BCUT2D eigenvalue weighted by atomic mass is 35.5. The van der Waals surface area contributed by atoms with E-state index < -0.39 is 11.7 Å². The molecular weight excluding hydrogens is 287 g/mol. The van der Waals surface area contributed by atoms with Crippen molar-refractivity contribution < 1.29 is 13.2 Å². The Kier molecular flexibility index (Phi) is 4.84. The number of alkyl halides is 4. The van der Waals surface area contributed by atoms with Gasteiger partial charge in [-0.05, 0) is 42.9 Å². The maximum Gasteiger partial charge on any atom is 0.418 e. The third-order valence-electron chi connectivity index (χ3n) is 3.88. The standard InChI is InChI=1S/C15H19ClF3N/c1-11-3-2-7-20(8-6-11)14-5-4-12(10-16)9-13(14)15(17,18)19/h4-5,9,11H,2-3,6-8,10H2,1H3. The fraction of sp³-hybridized carbons (Fsp3) is 0.600. The number of halogens is 4. The van der Waals surface area contributed by atoms with Gasteiger partial charge in [-0.25, -0.2) is 0 Å². The van der Waals surface area contributed by atoms with Gasteiger partial charge in [0.25, 0.3) is 0 Å². The molecule has 0 spiro atoms. The summed E-state index contributed by atoms with van der Waals surface area (Å²) in [5.41, 5.74) is 0.233. The summed E-state index contributed by atoms with van der Waals surface area (Å²) in [5, 5.41) is 0. The summed E-state index contributed by atoms with van der Waals surface area (Å²) in [6.07, 6.45) is -1.38. The lowest BCUT2D eigenvalue weighted by Gasteiger charge is -2.26. The minimum Gasteiger partial charge on any atom is -0.371 e. The van der Waals surface area contributed by atoms with Gasteiger partial charge in [0.2, 0.25) is 0 Å². The Morgan fingerprint density at radius 1 is 1.25 bits per heavy atom. The van der Waals surface area contributed by atoms with Gasteiger partial charge in [0, 0.05) is 24.7 Å². The number of nitrogens with zero attached hydrogens (tertiary/aromatic N) is 1. The van der Waals surface area contributed by atoms with Crippen LogP contribution in [0.5, 0.6) is 0 Å². The molecule has 1 aromatic carbocycles. The van der Waals surface area contributed by atoms with Crippen molar-refractivity contribution >= 4 is 17.3 Å². The minimum atomic E-state index is -4.34. The smallest absolute Gasteiger partial charge is 0.371 e. The molecule has 0 N–H and O–H groups in total. The number of anilines is 1. The Morgan fingerprint density at radius 2 is 2.00 bits per heavy atom. The fourth-order valence-electron chi connectivity index (χ4n) is 2.67. The van der Waals surface area contributed by atoms with Crippen molar-refractivity contribution in [3.8, 4) is 0 Å². The van der Waals surface area contributed by atoms with Crippen LogP contribution in [-0.2, 0) is 12.1 Å². The lowest BCUT2D eigenvalue weighted by Crippen LogP contribution is -2.27. The van der Waals surface area contributed by atoms with Gasteiger partial charge in [-0.15, -0.1) is 11.6 Å². The number of benzene rings is 1. The average molecular weight is 306 g/mol. The van der Waals surface area contributed by atoms with E-state index in [0.29, 0.717) is 30.3 Å². The number of rotatable bonds is 2. The van der Waals surface area contributed by atoms with Crippen molar-refractivity contribution in [3.05, 3.63) is 29.3 Å². The predicted molar refractivity (Wildman–Crippen MR) is 76.2 cm³/mol. The molecule has 112 valence electrons. The summed E-state index contributed by atoms with van der Waals surface area (Å²) in [5.74, 6) is 0.678. The molecule has 1 aromatic rings. The molecule has 1 aliphatic heterocycles. The molecule has 0 bridgehead atoms. The van der Waals surface area contributed by atoms with Gasteiger partial charge in [-0.1, -0.05) is 13.0 Å². The second-order valence-corrected chi connectivity index (χ2v) is 5.77. The van der Waals surface area contributed by atoms with Gasteiger partial charge in [0.15, 0.2) is 0 Å². The second kappa shape index (κ2) is 6.25. The summed E-state index contributed by atoms with van der Waals surface area (Å²) < 4.78 is 39.7. The van der Waals surface area contributed by atoms with Crippen molar-refractivity contribution in [3.63, 3.8) is 0 Å². The van der Waals surface area contributed by atoms with Crippen LogP contribution in [0.15, 0.2) is 18.2 Å². The first-order valence-electron chi connectivity index (χ1n) is 6.93. The molecule has 5 heteroatoms. The van der Waals surface area contributed by atoms with Gasteiger partial charge >= 0.3 is 6.18 Å². The van der Waals surface area contributed by atoms with E-state index >= 15 is 0 Å². The molecule has 0 aromatic heterocycles. The van der Waals surface area contributed by atoms with E-state index in [0.717, 1.165) is 19.3 Å². The minimum absolute atomic E-state index is 0.0976. The molecule has 2 rings (SSSR count). The molecule has 1 atom stereocenters. The maximum absolute atomic E-state index is 13.2. The molecule has 20 heavy (non-hydrogen) atoms. The zero-order valence-electron chi connectivity index (χ0n) is 11.5. The largest absolute Gasteiger partial charge is 0.418 e. The third-order valence-corrected chi connectivity index (χ3v) is 4.19. The number of hydrogen-bond donors (Lipinski definition) is 0. The van der Waals surface area contributed by atoms with Crippen LogP contribution in [0, 0.1) is 5.92 Å². The molecular formula is C15H19ClF3N. The molecule has 1 nitrogen and oxygen atoms in total. The van der Waals surface area contributed by atoms with Crippen LogP contribution >= 0.6 is 11.6 Å². The van der Waals surface area contributed by atoms with Crippen molar-refractivity contribution in [1.82, 2.24) is 0 Å². The van der Waals surface area contributed by atoms with E-state index in [2.05, 4.69) is 6.92 Å². The summed E-state index contributed by atoms with van der Waals surface area (Å²) in [4.78, 5) is 1.87. The molecule has 1 aliphatic rings. The zero-order chi connectivity index (χ0) is 14.8. The first kappa shape index (κ1) is 15.5. The molecule has 1 heterocycles. The van der Waals surface area contributed by atoms with Gasteiger partial charge in [-0.2, -0.15) is 13.2 Å². The Bertz CT molecular complexity index is 459. The van der Waals surface area contributed by atoms with Crippen molar-refractivity contribution in [2.24, 2.45) is 5.92 Å². The van der Waals surface area contributed by atoms with Crippen LogP contribution in [0.25, 0.3) is 0 Å². The molecule has 0 aliphatic carbocycles. The Morgan fingerprint density at radius 3 is 2.65 bits per heavy atom. The van der Waals surface area contributed by atoms with Crippen LogP contribution in [0.4, 0.5) is 18.9 Å². The molecule has 0 amide bonds. The van der Waals surface area contributed by atoms with Crippen molar-refractivity contribution in [2.45, 2.75) is 38.2 Å². The summed E-state index contributed by atoms with van der Waals surface area (Å²) >= 11 is 5.65. The summed E-state index contributed by atoms with van der Waals surface area (Å²) in [6.45, 7) is 3.53. The average Bonchev–Trinajstić information content (AvgIpc) is 2.62. The monoisotopic (exact) mass is 305 g/mol. The van der Waals surface area contributed by atoms with Crippen LogP contribution < -0.4 is 4.90 Å². The summed E-state index contributed by atoms with van der Waals surface area (Å²) in [7, 11) is 0.